The molecule has 0 aromatic heterocycles. The second kappa shape index (κ2) is 16.2. The number of hydrogen-bond donors (Lipinski definition) is 2. The molecule has 1 saturated heterocycles. The predicted octanol–water partition coefficient (Wildman–Crippen LogP) is 3.02. The van der Waals surface area contributed by atoms with Crippen LogP contribution in [0.15, 0.2) is 35.3 Å². The second-order valence-corrected chi connectivity index (χ2v) is 7.40. The molecule has 0 bridgehead atoms. The van der Waals surface area contributed by atoms with Gasteiger partial charge in [-0.1, -0.05) is 30.3 Å². The Bertz CT molecular complexity index is 533. The van der Waals surface area contributed by atoms with E-state index >= 15 is 0 Å². The van der Waals surface area contributed by atoms with Gasteiger partial charge in [-0.25, -0.2) is 0 Å². The van der Waals surface area contributed by atoms with Crippen molar-refractivity contribution in [1.82, 2.24) is 10.6 Å². The zero-order chi connectivity index (χ0) is 20.4. The van der Waals surface area contributed by atoms with Crippen LogP contribution in [0, 0.1) is 5.92 Å². The minimum Gasteiger partial charge on any atom is -0.381 e. The quantitative estimate of drug-likeness (QED) is 0.267. The third kappa shape index (κ3) is 11.8. The number of nitrogens with zero attached hydrogens (tertiary/aromatic N) is 1. The Morgan fingerprint density at radius 2 is 1.93 bits per heavy atom. The predicted molar refractivity (Wildman–Crippen MR) is 119 cm³/mol. The molecule has 1 unspecified atom stereocenters. The lowest BCUT2D eigenvalue weighted by Crippen LogP contribution is -2.38. The minimum absolute atomic E-state index is 0.583. The van der Waals surface area contributed by atoms with Crippen LogP contribution in [0.4, 0.5) is 0 Å². The molecule has 1 fully saturated rings. The van der Waals surface area contributed by atoms with Crippen LogP contribution in [0.1, 0.15) is 38.2 Å². The molecule has 0 spiro atoms. The summed E-state index contributed by atoms with van der Waals surface area (Å²) in [6.07, 6.45) is 5.18. The first-order valence-corrected chi connectivity index (χ1v) is 11.2. The van der Waals surface area contributed by atoms with Gasteiger partial charge in [-0.2, -0.15) is 0 Å². The number of rotatable bonds is 15. The molecule has 1 aliphatic heterocycles. The molecule has 0 amide bonds. The van der Waals surface area contributed by atoms with Crippen molar-refractivity contribution in [3.63, 3.8) is 0 Å². The standard InChI is InChI=1S/C23H39N3O3/c1-2-24-23(26-14-8-16-28-19-22-12-18-29-20-22)25-13-6-7-15-27-17-11-21-9-4-3-5-10-21/h3-5,9-10,22H,2,6-8,11-20H2,1H3,(H2,24,25,26). The van der Waals surface area contributed by atoms with Crippen LogP contribution in [0.2, 0.25) is 0 Å². The summed E-state index contributed by atoms with van der Waals surface area (Å²) >= 11 is 0. The second-order valence-electron chi connectivity index (χ2n) is 7.40. The summed E-state index contributed by atoms with van der Waals surface area (Å²) in [5.41, 5.74) is 1.33. The summed E-state index contributed by atoms with van der Waals surface area (Å²) in [5, 5.41) is 6.70. The maximum atomic E-state index is 5.74. The molecule has 2 rings (SSSR count). The van der Waals surface area contributed by atoms with E-state index in [2.05, 4.69) is 46.8 Å². The lowest BCUT2D eigenvalue weighted by molar-refractivity contribution is 0.0893. The lowest BCUT2D eigenvalue weighted by Gasteiger charge is -2.12. The van der Waals surface area contributed by atoms with E-state index in [4.69, 9.17) is 14.2 Å². The van der Waals surface area contributed by atoms with Crippen molar-refractivity contribution in [3.05, 3.63) is 35.9 Å². The fraction of sp³-hybridized carbons (Fsp3) is 0.696. The highest BCUT2D eigenvalue weighted by Crippen LogP contribution is 2.12. The molecule has 164 valence electrons. The molecule has 1 aliphatic rings. The number of unbranched alkanes of at least 4 members (excludes halogenated alkanes) is 1. The van der Waals surface area contributed by atoms with E-state index in [0.29, 0.717) is 5.92 Å². The average molecular weight is 406 g/mol. The summed E-state index contributed by atoms with van der Waals surface area (Å²) in [4.78, 5) is 4.62. The summed E-state index contributed by atoms with van der Waals surface area (Å²) in [6, 6.07) is 10.5. The van der Waals surface area contributed by atoms with Gasteiger partial charge in [0.15, 0.2) is 5.96 Å². The average Bonchev–Trinajstić information content (AvgIpc) is 3.26. The molecule has 1 atom stereocenters. The number of aliphatic imine (C=N–C) groups is 1. The number of guanidine groups is 1. The van der Waals surface area contributed by atoms with Crippen molar-refractivity contribution in [2.75, 3.05) is 59.3 Å². The van der Waals surface area contributed by atoms with Gasteiger partial charge in [0, 0.05) is 45.4 Å². The van der Waals surface area contributed by atoms with Crippen LogP contribution >= 0.6 is 0 Å². The Hall–Kier alpha value is -1.63. The number of ether oxygens (including phenoxy) is 3. The van der Waals surface area contributed by atoms with Gasteiger partial charge < -0.3 is 24.8 Å². The van der Waals surface area contributed by atoms with E-state index in [1.165, 1.54) is 5.56 Å². The topological polar surface area (TPSA) is 64.1 Å². The van der Waals surface area contributed by atoms with Gasteiger partial charge in [-0.15, -0.1) is 0 Å². The monoisotopic (exact) mass is 405 g/mol. The third-order valence-corrected chi connectivity index (χ3v) is 4.82. The third-order valence-electron chi connectivity index (χ3n) is 4.82. The maximum absolute atomic E-state index is 5.74. The molecule has 6 nitrogen and oxygen atoms in total. The molecule has 6 heteroatoms. The van der Waals surface area contributed by atoms with E-state index < -0.39 is 0 Å². The van der Waals surface area contributed by atoms with Crippen LogP contribution in [-0.2, 0) is 20.6 Å². The van der Waals surface area contributed by atoms with E-state index in [-0.39, 0.29) is 0 Å². The summed E-state index contributed by atoms with van der Waals surface area (Å²) < 4.78 is 16.8. The normalized spacial score (nSPS) is 16.9. The Labute approximate surface area is 176 Å². The first kappa shape index (κ1) is 23.6. The highest BCUT2D eigenvalue weighted by molar-refractivity contribution is 5.79. The van der Waals surface area contributed by atoms with Gasteiger partial charge >= 0.3 is 0 Å². The first-order valence-electron chi connectivity index (χ1n) is 11.2. The van der Waals surface area contributed by atoms with Crippen molar-refractivity contribution >= 4 is 5.96 Å². The molecule has 2 N–H and O–H groups in total. The highest BCUT2D eigenvalue weighted by Gasteiger charge is 2.15. The van der Waals surface area contributed by atoms with Crippen molar-refractivity contribution in [2.45, 2.75) is 39.0 Å². The first-order chi connectivity index (χ1) is 14.4. The maximum Gasteiger partial charge on any atom is 0.191 e. The summed E-state index contributed by atoms with van der Waals surface area (Å²) in [6.45, 7) is 9.56. The molecular formula is C23H39N3O3. The van der Waals surface area contributed by atoms with Crippen LogP contribution < -0.4 is 10.6 Å². The van der Waals surface area contributed by atoms with E-state index in [1.54, 1.807) is 0 Å². The Morgan fingerprint density at radius 1 is 1.07 bits per heavy atom. The summed E-state index contributed by atoms with van der Waals surface area (Å²) in [7, 11) is 0. The van der Waals surface area contributed by atoms with Gasteiger partial charge in [0.25, 0.3) is 0 Å². The van der Waals surface area contributed by atoms with Crippen LogP contribution in [0.3, 0.4) is 0 Å². The SMILES string of the molecule is CCNC(=NCCCOCC1CCOC1)NCCCCOCCc1ccccc1. The molecule has 0 radical (unpaired) electrons. The van der Waals surface area contributed by atoms with Crippen molar-refractivity contribution in [2.24, 2.45) is 10.9 Å². The Balaban J connectivity index is 1.43. The lowest BCUT2D eigenvalue weighted by atomic mass is 10.1. The van der Waals surface area contributed by atoms with Gasteiger partial charge in [-0.05, 0) is 44.6 Å². The fourth-order valence-corrected chi connectivity index (χ4v) is 3.14. The van der Waals surface area contributed by atoms with Crippen LogP contribution in [-0.4, -0.2) is 65.2 Å². The smallest absolute Gasteiger partial charge is 0.191 e. The van der Waals surface area contributed by atoms with E-state index in [9.17, 15) is 0 Å². The van der Waals surface area contributed by atoms with Crippen molar-refractivity contribution in [3.8, 4) is 0 Å². The Morgan fingerprint density at radius 3 is 2.72 bits per heavy atom. The molecule has 1 aromatic carbocycles. The number of benzene rings is 1. The summed E-state index contributed by atoms with van der Waals surface area (Å²) in [5.74, 6) is 1.47. The van der Waals surface area contributed by atoms with Crippen LogP contribution in [0.25, 0.3) is 0 Å². The minimum atomic E-state index is 0.583. The van der Waals surface area contributed by atoms with Gasteiger partial charge in [0.2, 0.25) is 0 Å². The molecule has 0 saturated carbocycles. The van der Waals surface area contributed by atoms with Crippen molar-refractivity contribution < 1.29 is 14.2 Å². The van der Waals surface area contributed by atoms with Crippen molar-refractivity contribution in [1.29, 1.82) is 0 Å². The fourth-order valence-electron chi connectivity index (χ4n) is 3.14. The molecule has 0 aliphatic carbocycles. The van der Waals surface area contributed by atoms with Gasteiger partial charge in [0.05, 0.1) is 19.8 Å². The molecular weight excluding hydrogens is 366 g/mol. The van der Waals surface area contributed by atoms with E-state index in [0.717, 1.165) is 97.3 Å². The Kier molecular flexibility index (Phi) is 13.2. The highest BCUT2D eigenvalue weighted by atomic mass is 16.5. The van der Waals surface area contributed by atoms with Gasteiger partial charge in [0.1, 0.15) is 0 Å². The van der Waals surface area contributed by atoms with E-state index in [1.807, 2.05) is 6.07 Å². The largest absolute Gasteiger partial charge is 0.381 e. The molecule has 29 heavy (non-hydrogen) atoms. The van der Waals surface area contributed by atoms with Crippen LogP contribution in [0.5, 0.6) is 0 Å². The zero-order valence-corrected chi connectivity index (χ0v) is 18.0. The number of hydrogen-bond acceptors (Lipinski definition) is 4. The van der Waals surface area contributed by atoms with Gasteiger partial charge in [-0.3, -0.25) is 4.99 Å². The number of nitrogens with one attached hydrogen (secondary N) is 2. The zero-order valence-electron chi connectivity index (χ0n) is 18.0. The molecule has 1 aromatic rings. The molecule has 1 heterocycles.